The van der Waals surface area contributed by atoms with Crippen molar-refractivity contribution >= 4 is 32.4 Å². The molecule has 4 nitrogen and oxygen atoms in total. The van der Waals surface area contributed by atoms with E-state index >= 15 is 0 Å². The summed E-state index contributed by atoms with van der Waals surface area (Å²) in [6.45, 7) is 0. The van der Waals surface area contributed by atoms with Crippen LogP contribution in [0.25, 0.3) is 88.5 Å². The molecule has 4 heteroatoms. The summed E-state index contributed by atoms with van der Waals surface area (Å²) >= 11 is 0. The van der Waals surface area contributed by atoms with Crippen LogP contribution in [0, 0.1) is 11.3 Å². The van der Waals surface area contributed by atoms with E-state index in [9.17, 15) is 5.26 Å². The van der Waals surface area contributed by atoms with Gasteiger partial charge in [0.2, 0.25) is 0 Å². The van der Waals surface area contributed by atoms with Gasteiger partial charge in [0.05, 0.1) is 28.3 Å². The molecule has 1 spiro atoms. The number of nitrogens with zero attached hydrogens (tertiary/aromatic N) is 3. The van der Waals surface area contributed by atoms with Crippen molar-refractivity contribution in [2.75, 3.05) is 0 Å². The molecule has 11 aromatic rings. The van der Waals surface area contributed by atoms with Crippen molar-refractivity contribution in [3.63, 3.8) is 0 Å². The maximum atomic E-state index is 9.82. The molecule has 0 saturated heterocycles. The van der Waals surface area contributed by atoms with E-state index in [0.717, 1.165) is 94.1 Å². The number of fused-ring (bicyclic) bond motifs is 14. The summed E-state index contributed by atoms with van der Waals surface area (Å²) in [6, 6.07) is 77.4. The summed E-state index contributed by atoms with van der Waals surface area (Å²) in [5.41, 5.74) is 15.0. The van der Waals surface area contributed by atoms with Crippen LogP contribution in [0.1, 0.15) is 27.8 Å². The van der Waals surface area contributed by atoms with Gasteiger partial charge in [-0.1, -0.05) is 194 Å². The lowest BCUT2D eigenvalue weighted by atomic mass is 9.62. The van der Waals surface area contributed by atoms with E-state index < -0.39 is 5.41 Å². The first-order valence-electron chi connectivity index (χ1n) is 21.6. The van der Waals surface area contributed by atoms with Crippen LogP contribution in [-0.4, -0.2) is 9.97 Å². The highest BCUT2D eigenvalue weighted by Gasteiger charge is 2.54. The van der Waals surface area contributed by atoms with Crippen molar-refractivity contribution in [1.29, 1.82) is 5.26 Å². The molecule has 0 saturated carbocycles. The first-order valence-corrected chi connectivity index (χ1v) is 21.6. The number of benzene rings is 10. The molecule has 1 aromatic heterocycles. The Labute approximate surface area is 370 Å². The smallest absolute Gasteiger partial charge is 0.160 e. The molecule has 0 unspecified atom stereocenters. The monoisotopic (exact) mass is 813 g/mol. The molecule has 13 rings (SSSR count). The minimum atomic E-state index is -0.811. The van der Waals surface area contributed by atoms with Gasteiger partial charge in [0.15, 0.2) is 5.82 Å². The van der Waals surface area contributed by atoms with E-state index in [4.69, 9.17) is 14.7 Å². The van der Waals surface area contributed by atoms with Crippen LogP contribution in [0.5, 0.6) is 11.5 Å². The van der Waals surface area contributed by atoms with Crippen molar-refractivity contribution < 1.29 is 4.74 Å². The Kier molecular flexibility index (Phi) is 7.85. The highest BCUT2D eigenvalue weighted by atomic mass is 16.5. The molecular weight excluding hydrogens is 779 g/mol. The Morgan fingerprint density at radius 3 is 1.48 bits per heavy atom. The number of aromatic nitrogens is 2. The van der Waals surface area contributed by atoms with Gasteiger partial charge in [-0.15, -0.1) is 0 Å². The van der Waals surface area contributed by atoms with Gasteiger partial charge >= 0.3 is 0 Å². The normalized spacial score (nSPS) is 12.9. The molecule has 0 bridgehead atoms. The highest BCUT2D eigenvalue weighted by Crippen LogP contribution is 2.67. The van der Waals surface area contributed by atoms with Crippen LogP contribution in [0.3, 0.4) is 0 Å². The largest absolute Gasteiger partial charge is 0.455 e. The zero-order chi connectivity index (χ0) is 42.4. The third-order valence-electron chi connectivity index (χ3n) is 13.4. The van der Waals surface area contributed by atoms with Crippen molar-refractivity contribution in [3.05, 3.63) is 240 Å². The molecule has 64 heavy (non-hydrogen) atoms. The molecule has 296 valence electrons. The molecule has 0 fully saturated rings. The second-order valence-electron chi connectivity index (χ2n) is 16.7. The first kappa shape index (κ1) is 36.0. The second kappa shape index (κ2) is 13.9. The predicted octanol–water partition coefficient (Wildman–Crippen LogP) is 14.9. The van der Waals surface area contributed by atoms with Crippen LogP contribution in [0.15, 0.2) is 212 Å². The maximum Gasteiger partial charge on any atom is 0.160 e. The molecule has 1 aliphatic carbocycles. The fourth-order valence-electron chi connectivity index (χ4n) is 10.6. The van der Waals surface area contributed by atoms with E-state index in [1.807, 2.05) is 36.4 Å². The Morgan fingerprint density at radius 1 is 0.391 bits per heavy atom. The molecule has 0 N–H and O–H groups in total. The number of rotatable bonds is 4. The van der Waals surface area contributed by atoms with Crippen LogP contribution < -0.4 is 4.74 Å². The molecular formula is C60H35N3O. The maximum absolute atomic E-state index is 9.82. The minimum absolute atomic E-state index is 0.631. The molecule has 2 aliphatic rings. The summed E-state index contributed by atoms with van der Waals surface area (Å²) in [5.74, 6) is 2.43. The number of hydrogen-bond donors (Lipinski definition) is 0. The second-order valence-corrected chi connectivity index (χ2v) is 16.7. The average molecular weight is 814 g/mol. The number of nitriles is 1. The Bertz CT molecular complexity index is 3670. The van der Waals surface area contributed by atoms with Crippen LogP contribution >= 0.6 is 0 Å². The lowest BCUT2D eigenvalue weighted by molar-refractivity contribution is 0.447. The van der Waals surface area contributed by atoms with Crippen LogP contribution in [0.4, 0.5) is 0 Å². The third-order valence-corrected chi connectivity index (χ3v) is 13.4. The van der Waals surface area contributed by atoms with E-state index in [2.05, 4.69) is 182 Å². The zero-order valence-electron chi connectivity index (χ0n) is 34.5. The van der Waals surface area contributed by atoms with Crippen molar-refractivity contribution in [2.24, 2.45) is 0 Å². The molecule has 0 radical (unpaired) electrons. The average Bonchev–Trinajstić information content (AvgIpc) is 3.67. The van der Waals surface area contributed by atoms with Gasteiger partial charge in [0.25, 0.3) is 0 Å². The molecule has 0 atom stereocenters. The highest BCUT2D eigenvalue weighted by molar-refractivity contribution is 6.04. The lowest BCUT2D eigenvalue weighted by Gasteiger charge is -2.42. The Morgan fingerprint density at radius 2 is 0.891 bits per heavy atom. The van der Waals surface area contributed by atoms with Gasteiger partial charge in [-0.2, -0.15) is 5.26 Å². The fraction of sp³-hybridized carbons (Fsp3) is 0.0167. The van der Waals surface area contributed by atoms with E-state index in [0.29, 0.717) is 11.4 Å². The van der Waals surface area contributed by atoms with Crippen molar-refractivity contribution in [3.8, 4) is 73.6 Å². The summed E-state index contributed by atoms with van der Waals surface area (Å²) < 4.78 is 7.34. The summed E-state index contributed by atoms with van der Waals surface area (Å²) in [4.78, 5) is 10.2. The topological polar surface area (TPSA) is 58.8 Å². The van der Waals surface area contributed by atoms with Gasteiger partial charge in [0.1, 0.15) is 11.5 Å². The number of ether oxygens (including phenoxy) is 1. The lowest BCUT2D eigenvalue weighted by Crippen LogP contribution is -2.33. The van der Waals surface area contributed by atoms with Gasteiger partial charge in [-0.3, -0.25) is 0 Å². The summed E-state index contributed by atoms with van der Waals surface area (Å²) in [7, 11) is 0. The molecule has 10 aromatic carbocycles. The molecule has 2 heterocycles. The van der Waals surface area contributed by atoms with Crippen molar-refractivity contribution in [1.82, 2.24) is 9.97 Å². The van der Waals surface area contributed by atoms with E-state index in [-0.39, 0.29) is 0 Å². The van der Waals surface area contributed by atoms with Gasteiger partial charge in [0, 0.05) is 38.4 Å². The van der Waals surface area contributed by atoms with Gasteiger partial charge in [-0.25, -0.2) is 9.97 Å². The Hall–Kier alpha value is -8.65. The Balaban J connectivity index is 1.11. The minimum Gasteiger partial charge on any atom is -0.455 e. The summed E-state index contributed by atoms with van der Waals surface area (Å²) in [5, 5.41) is 15.2. The number of hydrogen-bond acceptors (Lipinski definition) is 4. The SMILES string of the molecule is N#Cc1ccc(-c2cccc3c2C2(c4ccc5ccccc5c4Oc4c2ccc2ccccc42)c2c(-c4ccc(-c5nc(-c6ccccc6)nc6ccccc56)cc4)cccc2-3)cc1. The standard InChI is InChI=1S/C60H35N3O/c61-36-37-24-26-40(27-25-37)44-19-10-21-48-49-22-11-20-45(41-28-30-42(31-29-41)56-50-18-8-9-23-53(50)62-59(63-56)43-14-2-1-3-15-43)55(49)60(54(44)48)51-34-32-38-12-4-6-16-46(38)57(51)64-58-47-17-7-5-13-39(47)33-35-52(58)60/h1-35H. The molecule has 1 aliphatic heterocycles. The van der Waals surface area contributed by atoms with Gasteiger partial charge in [-0.05, 0) is 73.5 Å². The van der Waals surface area contributed by atoms with Crippen LogP contribution in [-0.2, 0) is 5.41 Å². The zero-order valence-corrected chi connectivity index (χ0v) is 34.5. The predicted molar refractivity (Wildman–Crippen MR) is 258 cm³/mol. The quantitative estimate of drug-likeness (QED) is 0.178. The first-order chi connectivity index (χ1) is 31.7. The summed E-state index contributed by atoms with van der Waals surface area (Å²) in [6.07, 6.45) is 0. The van der Waals surface area contributed by atoms with Gasteiger partial charge < -0.3 is 4.74 Å². The molecule has 0 amide bonds. The van der Waals surface area contributed by atoms with E-state index in [1.54, 1.807) is 0 Å². The fourth-order valence-corrected chi connectivity index (χ4v) is 10.6. The number of para-hydroxylation sites is 1. The van der Waals surface area contributed by atoms with Crippen molar-refractivity contribution in [2.45, 2.75) is 5.41 Å². The third kappa shape index (κ3) is 5.16. The van der Waals surface area contributed by atoms with Crippen LogP contribution in [0.2, 0.25) is 0 Å². The van der Waals surface area contributed by atoms with E-state index in [1.165, 1.54) is 22.3 Å².